The summed E-state index contributed by atoms with van der Waals surface area (Å²) < 4.78 is 1.50. The van der Waals surface area contributed by atoms with Crippen molar-refractivity contribution in [2.75, 3.05) is 35.7 Å². The molecular formula is C10H16N8S. The standard InChI is InChI=1S/C10H16N8S/c1-3-12-8-15-9(13-4-5-19-2)17-10(16-8)18-7-11-6-14-18/h6-7H,3-5H2,1-2H3,(H2,12,13,15,16,17). The number of anilines is 2. The highest BCUT2D eigenvalue weighted by Gasteiger charge is 2.07. The number of aromatic nitrogens is 6. The third-order valence-electron chi connectivity index (χ3n) is 2.17. The van der Waals surface area contributed by atoms with Crippen molar-refractivity contribution >= 4 is 23.7 Å². The van der Waals surface area contributed by atoms with Crippen molar-refractivity contribution in [2.24, 2.45) is 0 Å². The van der Waals surface area contributed by atoms with Crippen LogP contribution in [0.3, 0.4) is 0 Å². The van der Waals surface area contributed by atoms with Crippen LogP contribution >= 0.6 is 11.8 Å². The summed E-state index contributed by atoms with van der Waals surface area (Å²) in [4.78, 5) is 16.8. The number of rotatable bonds is 7. The van der Waals surface area contributed by atoms with E-state index in [4.69, 9.17) is 0 Å². The van der Waals surface area contributed by atoms with Crippen LogP contribution in [-0.4, -0.2) is 54.8 Å². The van der Waals surface area contributed by atoms with E-state index in [1.165, 1.54) is 11.0 Å². The van der Waals surface area contributed by atoms with Crippen molar-refractivity contribution < 1.29 is 0 Å². The maximum absolute atomic E-state index is 4.31. The van der Waals surface area contributed by atoms with E-state index in [1.807, 2.05) is 6.92 Å². The lowest BCUT2D eigenvalue weighted by molar-refractivity contribution is 0.795. The molecule has 2 aromatic rings. The summed E-state index contributed by atoms with van der Waals surface area (Å²) in [6.45, 7) is 3.53. The molecule has 2 aromatic heterocycles. The first kappa shape index (κ1) is 13.5. The van der Waals surface area contributed by atoms with Crippen LogP contribution in [0.4, 0.5) is 11.9 Å². The van der Waals surface area contributed by atoms with Crippen LogP contribution in [0.1, 0.15) is 6.92 Å². The lowest BCUT2D eigenvalue weighted by Crippen LogP contribution is -2.14. The lowest BCUT2D eigenvalue weighted by atomic mass is 10.7. The molecule has 0 aliphatic carbocycles. The number of thioether (sulfide) groups is 1. The van der Waals surface area contributed by atoms with Gasteiger partial charge >= 0.3 is 0 Å². The fourth-order valence-corrected chi connectivity index (χ4v) is 1.67. The Bertz CT molecular complexity index is 500. The van der Waals surface area contributed by atoms with Gasteiger partial charge in [-0.1, -0.05) is 0 Å². The van der Waals surface area contributed by atoms with Gasteiger partial charge in [-0.15, -0.1) is 0 Å². The van der Waals surface area contributed by atoms with Crippen LogP contribution in [0.25, 0.3) is 5.95 Å². The predicted molar refractivity (Wildman–Crippen MR) is 75.8 cm³/mol. The van der Waals surface area contributed by atoms with Gasteiger partial charge in [-0.3, -0.25) is 0 Å². The van der Waals surface area contributed by atoms with Crippen LogP contribution in [0, 0.1) is 0 Å². The molecule has 0 saturated heterocycles. The zero-order valence-corrected chi connectivity index (χ0v) is 11.7. The molecule has 0 bridgehead atoms. The molecule has 2 heterocycles. The highest BCUT2D eigenvalue weighted by molar-refractivity contribution is 7.98. The van der Waals surface area contributed by atoms with Crippen LogP contribution in [0.5, 0.6) is 0 Å². The average Bonchev–Trinajstić information content (AvgIpc) is 2.93. The first-order valence-corrected chi connectivity index (χ1v) is 7.30. The largest absolute Gasteiger partial charge is 0.354 e. The van der Waals surface area contributed by atoms with Crippen molar-refractivity contribution in [3.63, 3.8) is 0 Å². The Hall–Kier alpha value is -1.90. The average molecular weight is 280 g/mol. The molecule has 0 atom stereocenters. The van der Waals surface area contributed by atoms with Gasteiger partial charge in [0.05, 0.1) is 0 Å². The van der Waals surface area contributed by atoms with E-state index in [9.17, 15) is 0 Å². The van der Waals surface area contributed by atoms with Crippen LogP contribution in [0.2, 0.25) is 0 Å². The molecule has 0 aliphatic rings. The van der Waals surface area contributed by atoms with Gasteiger partial charge in [-0.25, -0.2) is 4.98 Å². The molecule has 0 spiro atoms. The lowest BCUT2D eigenvalue weighted by Gasteiger charge is -2.08. The molecular weight excluding hydrogens is 264 g/mol. The highest BCUT2D eigenvalue weighted by atomic mass is 32.2. The fraction of sp³-hybridized carbons (Fsp3) is 0.500. The second-order valence-corrected chi connectivity index (χ2v) is 4.56. The number of hydrogen-bond donors (Lipinski definition) is 2. The molecule has 0 radical (unpaired) electrons. The Morgan fingerprint density at radius 1 is 1.21 bits per heavy atom. The predicted octanol–water partition coefficient (Wildman–Crippen LogP) is 0.659. The third kappa shape index (κ3) is 3.78. The van der Waals surface area contributed by atoms with E-state index in [0.29, 0.717) is 17.8 Å². The van der Waals surface area contributed by atoms with Gasteiger partial charge in [0.25, 0.3) is 5.95 Å². The summed E-state index contributed by atoms with van der Waals surface area (Å²) in [7, 11) is 0. The van der Waals surface area contributed by atoms with E-state index in [-0.39, 0.29) is 0 Å². The Kier molecular flexibility index (Phi) is 4.90. The van der Waals surface area contributed by atoms with Gasteiger partial charge in [0, 0.05) is 18.8 Å². The molecule has 2 rings (SSSR count). The van der Waals surface area contributed by atoms with Gasteiger partial charge in [0.2, 0.25) is 11.9 Å². The SMILES string of the molecule is CCNc1nc(NCCSC)nc(-n2cncn2)n1. The minimum absolute atomic E-state index is 0.440. The van der Waals surface area contributed by atoms with Gasteiger partial charge < -0.3 is 10.6 Å². The van der Waals surface area contributed by atoms with E-state index in [2.05, 4.69) is 41.9 Å². The molecule has 0 amide bonds. The minimum Gasteiger partial charge on any atom is -0.354 e. The second kappa shape index (κ2) is 6.88. The molecule has 19 heavy (non-hydrogen) atoms. The first-order valence-electron chi connectivity index (χ1n) is 5.91. The summed E-state index contributed by atoms with van der Waals surface area (Å²) in [5.41, 5.74) is 0. The number of nitrogens with one attached hydrogen (secondary N) is 2. The molecule has 0 aromatic carbocycles. The van der Waals surface area contributed by atoms with E-state index in [1.54, 1.807) is 18.1 Å². The maximum Gasteiger partial charge on any atom is 0.258 e. The Morgan fingerprint density at radius 3 is 2.63 bits per heavy atom. The summed E-state index contributed by atoms with van der Waals surface area (Å²) >= 11 is 1.76. The molecule has 8 nitrogen and oxygen atoms in total. The zero-order chi connectivity index (χ0) is 13.5. The number of nitrogens with zero attached hydrogens (tertiary/aromatic N) is 6. The zero-order valence-electron chi connectivity index (χ0n) is 10.9. The molecule has 0 fully saturated rings. The molecule has 0 unspecified atom stereocenters. The van der Waals surface area contributed by atoms with Crippen molar-refractivity contribution in [1.82, 2.24) is 29.7 Å². The molecule has 2 N–H and O–H groups in total. The fourth-order valence-electron chi connectivity index (χ4n) is 1.36. The van der Waals surface area contributed by atoms with E-state index >= 15 is 0 Å². The number of hydrogen-bond acceptors (Lipinski definition) is 8. The first-order chi connectivity index (χ1) is 9.33. The van der Waals surface area contributed by atoms with Crippen LogP contribution in [-0.2, 0) is 0 Å². The summed E-state index contributed by atoms with van der Waals surface area (Å²) in [5, 5.41) is 10.3. The normalized spacial score (nSPS) is 10.4. The van der Waals surface area contributed by atoms with Gasteiger partial charge in [-0.05, 0) is 13.2 Å². The summed E-state index contributed by atoms with van der Waals surface area (Å²) in [5.74, 6) is 2.48. The molecule has 0 aliphatic heterocycles. The minimum atomic E-state index is 0.440. The molecule has 0 saturated carbocycles. The Morgan fingerprint density at radius 2 is 2.00 bits per heavy atom. The van der Waals surface area contributed by atoms with Gasteiger partial charge in [0.15, 0.2) is 0 Å². The molecule has 102 valence electrons. The van der Waals surface area contributed by atoms with Crippen LogP contribution in [0.15, 0.2) is 12.7 Å². The summed E-state index contributed by atoms with van der Waals surface area (Å²) in [6, 6.07) is 0. The van der Waals surface area contributed by atoms with Gasteiger partial charge in [0.1, 0.15) is 12.7 Å². The van der Waals surface area contributed by atoms with Gasteiger partial charge in [-0.2, -0.15) is 36.5 Å². The Balaban J connectivity index is 2.22. The topological polar surface area (TPSA) is 93.4 Å². The second-order valence-electron chi connectivity index (χ2n) is 3.57. The quantitative estimate of drug-likeness (QED) is 0.714. The maximum atomic E-state index is 4.31. The van der Waals surface area contributed by atoms with E-state index in [0.717, 1.165) is 18.8 Å². The Labute approximate surface area is 115 Å². The van der Waals surface area contributed by atoms with Crippen molar-refractivity contribution in [2.45, 2.75) is 6.92 Å². The van der Waals surface area contributed by atoms with Crippen LogP contribution < -0.4 is 10.6 Å². The highest BCUT2D eigenvalue weighted by Crippen LogP contribution is 2.08. The van der Waals surface area contributed by atoms with Crippen molar-refractivity contribution in [3.8, 4) is 5.95 Å². The third-order valence-corrected chi connectivity index (χ3v) is 2.78. The van der Waals surface area contributed by atoms with Crippen molar-refractivity contribution in [3.05, 3.63) is 12.7 Å². The van der Waals surface area contributed by atoms with E-state index < -0.39 is 0 Å². The monoisotopic (exact) mass is 280 g/mol. The summed E-state index contributed by atoms with van der Waals surface area (Å²) in [6.07, 6.45) is 5.05. The smallest absolute Gasteiger partial charge is 0.258 e. The van der Waals surface area contributed by atoms with Crippen molar-refractivity contribution in [1.29, 1.82) is 0 Å². The molecule has 9 heteroatoms.